The van der Waals surface area contributed by atoms with E-state index in [1.54, 1.807) is 6.07 Å². The molecule has 1 heterocycles. The lowest BCUT2D eigenvalue weighted by molar-refractivity contribution is -0.144. The summed E-state index contributed by atoms with van der Waals surface area (Å²) in [5.41, 5.74) is 0.670. The van der Waals surface area contributed by atoms with Crippen LogP contribution in [0, 0.1) is 0 Å². The van der Waals surface area contributed by atoms with Gasteiger partial charge in [0.2, 0.25) is 0 Å². The van der Waals surface area contributed by atoms with Crippen LogP contribution in [0.15, 0.2) is 24.3 Å². The van der Waals surface area contributed by atoms with E-state index in [2.05, 4.69) is 0 Å². The van der Waals surface area contributed by atoms with E-state index in [4.69, 9.17) is 0 Å². The Morgan fingerprint density at radius 1 is 1.25 bits per heavy atom. The number of rotatable bonds is 4. The molecule has 0 radical (unpaired) electrons. The summed E-state index contributed by atoms with van der Waals surface area (Å²) in [6.07, 6.45) is 4.63. The highest BCUT2D eigenvalue weighted by molar-refractivity contribution is 6.01. The SMILES string of the molecule is CN(C)CCN1C(=O)c2ccccc2C(C(=O)O)C12CCCCC2. The maximum absolute atomic E-state index is 13.2. The predicted octanol–water partition coefficient (Wildman–Crippen LogP) is 2.58. The molecule has 0 bridgehead atoms. The summed E-state index contributed by atoms with van der Waals surface area (Å²) < 4.78 is 0. The van der Waals surface area contributed by atoms with Gasteiger partial charge in [0.25, 0.3) is 5.91 Å². The van der Waals surface area contributed by atoms with Crippen LogP contribution in [0.5, 0.6) is 0 Å². The first-order valence-corrected chi connectivity index (χ1v) is 8.76. The fourth-order valence-electron chi connectivity index (χ4n) is 4.45. The summed E-state index contributed by atoms with van der Waals surface area (Å²) >= 11 is 0. The van der Waals surface area contributed by atoms with Crippen molar-refractivity contribution in [2.45, 2.75) is 43.6 Å². The first kappa shape index (κ1) is 17.0. The van der Waals surface area contributed by atoms with Gasteiger partial charge in [0.1, 0.15) is 5.92 Å². The fourth-order valence-corrected chi connectivity index (χ4v) is 4.45. The molecule has 5 nitrogen and oxygen atoms in total. The number of carbonyl (C=O) groups is 2. The molecule has 1 N–H and O–H groups in total. The van der Waals surface area contributed by atoms with E-state index in [1.165, 1.54) is 0 Å². The van der Waals surface area contributed by atoms with E-state index in [-0.39, 0.29) is 5.91 Å². The Hall–Kier alpha value is -1.88. The van der Waals surface area contributed by atoms with Gasteiger partial charge in [0.15, 0.2) is 0 Å². The van der Waals surface area contributed by atoms with E-state index in [0.29, 0.717) is 17.7 Å². The predicted molar refractivity (Wildman–Crippen MR) is 92.2 cm³/mol. The molecule has 3 rings (SSSR count). The lowest BCUT2D eigenvalue weighted by atomic mass is 9.65. The third-order valence-corrected chi connectivity index (χ3v) is 5.56. The van der Waals surface area contributed by atoms with Crippen LogP contribution in [-0.4, -0.2) is 59.5 Å². The van der Waals surface area contributed by atoms with Gasteiger partial charge in [-0.2, -0.15) is 0 Å². The van der Waals surface area contributed by atoms with Crippen LogP contribution in [0.3, 0.4) is 0 Å². The zero-order valence-electron chi connectivity index (χ0n) is 14.5. The summed E-state index contributed by atoms with van der Waals surface area (Å²) in [6.45, 7) is 1.31. The second-order valence-electron chi connectivity index (χ2n) is 7.28. The van der Waals surface area contributed by atoms with Gasteiger partial charge in [-0.15, -0.1) is 0 Å². The number of fused-ring (bicyclic) bond motifs is 1. The number of hydrogen-bond acceptors (Lipinski definition) is 3. The Bertz CT molecular complexity index is 635. The number of carboxylic acid groups (broad SMARTS) is 1. The molecule has 130 valence electrons. The number of amides is 1. The molecule has 1 fully saturated rings. The van der Waals surface area contributed by atoms with Crippen LogP contribution in [-0.2, 0) is 4.79 Å². The minimum atomic E-state index is -0.813. The molecule has 5 heteroatoms. The third kappa shape index (κ3) is 2.71. The lowest BCUT2D eigenvalue weighted by Crippen LogP contribution is -2.62. The van der Waals surface area contributed by atoms with Crippen molar-refractivity contribution < 1.29 is 14.7 Å². The maximum atomic E-state index is 13.2. The highest BCUT2D eigenvalue weighted by atomic mass is 16.4. The molecule has 1 unspecified atom stereocenters. The van der Waals surface area contributed by atoms with Crippen molar-refractivity contribution in [1.82, 2.24) is 9.80 Å². The highest BCUT2D eigenvalue weighted by Crippen LogP contribution is 2.49. The van der Waals surface area contributed by atoms with Crippen LogP contribution in [0.1, 0.15) is 53.9 Å². The van der Waals surface area contributed by atoms with Gasteiger partial charge in [0, 0.05) is 18.7 Å². The average Bonchev–Trinajstić information content (AvgIpc) is 2.55. The van der Waals surface area contributed by atoms with Crippen LogP contribution in [0.2, 0.25) is 0 Å². The standard InChI is InChI=1S/C19H26N2O3/c1-20(2)12-13-21-17(22)15-9-5-4-8-14(15)16(18(23)24)19(21)10-6-3-7-11-19/h4-5,8-9,16H,3,6-7,10-13H2,1-2H3,(H,23,24). The van der Waals surface area contributed by atoms with Crippen molar-refractivity contribution >= 4 is 11.9 Å². The fraction of sp³-hybridized carbons (Fsp3) is 0.579. The number of carboxylic acids is 1. The van der Waals surface area contributed by atoms with Crippen molar-refractivity contribution in [2.75, 3.05) is 27.2 Å². The molecule has 1 spiro atoms. The van der Waals surface area contributed by atoms with Gasteiger partial charge in [0.05, 0.1) is 5.54 Å². The Balaban J connectivity index is 2.12. The topological polar surface area (TPSA) is 60.9 Å². The Labute approximate surface area is 143 Å². The van der Waals surface area contributed by atoms with Gasteiger partial charge >= 0.3 is 5.97 Å². The molecule has 1 saturated carbocycles. The molecule has 1 atom stereocenters. The van der Waals surface area contributed by atoms with Crippen LogP contribution in [0.25, 0.3) is 0 Å². The molecule has 24 heavy (non-hydrogen) atoms. The lowest BCUT2D eigenvalue weighted by Gasteiger charge is -2.53. The molecule has 1 amide bonds. The minimum Gasteiger partial charge on any atom is -0.481 e. The van der Waals surface area contributed by atoms with Gasteiger partial charge < -0.3 is 14.9 Å². The van der Waals surface area contributed by atoms with Crippen molar-refractivity contribution in [2.24, 2.45) is 0 Å². The summed E-state index contributed by atoms with van der Waals surface area (Å²) in [6, 6.07) is 7.25. The summed E-state index contributed by atoms with van der Waals surface area (Å²) in [5, 5.41) is 10.0. The van der Waals surface area contributed by atoms with E-state index < -0.39 is 17.4 Å². The molecule has 1 aliphatic carbocycles. The second-order valence-corrected chi connectivity index (χ2v) is 7.28. The van der Waals surface area contributed by atoms with Crippen molar-refractivity contribution in [1.29, 1.82) is 0 Å². The summed E-state index contributed by atoms with van der Waals surface area (Å²) in [7, 11) is 3.95. The first-order chi connectivity index (χ1) is 11.5. The third-order valence-electron chi connectivity index (χ3n) is 5.56. The van der Waals surface area contributed by atoms with E-state index >= 15 is 0 Å². The quantitative estimate of drug-likeness (QED) is 0.922. The number of carbonyl (C=O) groups excluding carboxylic acids is 1. The van der Waals surface area contributed by atoms with Crippen molar-refractivity contribution in [3.05, 3.63) is 35.4 Å². The van der Waals surface area contributed by atoms with E-state index in [0.717, 1.165) is 38.6 Å². The first-order valence-electron chi connectivity index (χ1n) is 8.76. The maximum Gasteiger partial charge on any atom is 0.313 e. The number of aliphatic carboxylic acids is 1. The molecular formula is C19H26N2O3. The van der Waals surface area contributed by atoms with E-state index in [1.807, 2.05) is 42.1 Å². The van der Waals surface area contributed by atoms with Crippen molar-refractivity contribution in [3.63, 3.8) is 0 Å². The van der Waals surface area contributed by atoms with Crippen LogP contribution >= 0.6 is 0 Å². The molecular weight excluding hydrogens is 304 g/mol. The van der Waals surface area contributed by atoms with Gasteiger partial charge in [-0.25, -0.2) is 0 Å². The Kier molecular flexibility index (Phi) is 4.63. The molecule has 1 aliphatic heterocycles. The van der Waals surface area contributed by atoms with E-state index in [9.17, 15) is 14.7 Å². The second kappa shape index (κ2) is 6.55. The smallest absolute Gasteiger partial charge is 0.313 e. The molecule has 1 aromatic carbocycles. The number of hydrogen-bond donors (Lipinski definition) is 1. The Morgan fingerprint density at radius 2 is 1.92 bits per heavy atom. The number of nitrogens with zero attached hydrogens (tertiary/aromatic N) is 2. The van der Waals surface area contributed by atoms with Crippen LogP contribution < -0.4 is 0 Å². The Morgan fingerprint density at radius 3 is 2.54 bits per heavy atom. The zero-order valence-corrected chi connectivity index (χ0v) is 14.5. The molecule has 0 aromatic heterocycles. The minimum absolute atomic E-state index is 0.00755. The normalized spacial score (nSPS) is 22.7. The summed E-state index contributed by atoms with van der Waals surface area (Å²) in [5.74, 6) is -1.45. The largest absolute Gasteiger partial charge is 0.481 e. The van der Waals surface area contributed by atoms with Gasteiger partial charge in [-0.1, -0.05) is 37.5 Å². The average molecular weight is 330 g/mol. The molecule has 2 aliphatic rings. The monoisotopic (exact) mass is 330 g/mol. The van der Waals surface area contributed by atoms with Crippen molar-refractivity contribution in [3.8, 4) is 0 Å². The van der Waals surface area contributed by atoms with Gasteiger partial charge in [-0.05, 0) is 38.6 Å². The summed E-state index contributed by atoms with van der Waals surface area (Å²) in [4.78, 5) is 29.3. The zero-order chi connectivity index (χ0) is 17.3. The van der Waals surface area contributed by atoms with Crippen LogP contribution in [0.4, 0.5) is 0 Å². The molecule has 0 saturated heterocycles. The van der Waals surface area contributed by atoms with Gasteiger partial charge in [-0.3, -0.25) is 9.59 Å². The number of benzene rings is 1. The molecule has 1 aromatic rings. The highest BCUT2D eigenvalue weighted by Gasteiger charge is 2.54. The number of likely N-dealkylation sites (N-methyl/N-ethyl adjacent to an activating group) is 1.